The molecule has 0 saturated carbocycles. The smallest absolute Gasteiger partial charge is 0.234 e. The highest BCUT2D eigenvalue weighted by Crippen LogP contribution is 2.25. The summed E-state index contributed by atoms with van der Waals surface area (Å²) in [7, 11) is 0. The van der Waals surface area contributed by atoms with Crippen molar-refractivity contribution in [3.8, 4) is 0 Å². The van der Waals surface area contributed by atoms with Crippen LogP contribution in [0.4, 0.5) is 11.5 Å². The Balaban J connectivity index is 1.22. The minimum atomic E-state index is -0.108. The zero-order chi connectivity index (χ0) is 21.6. The van der Waals surface area contributed by atoms with Crippen LogP contribution in [-0.4, -0.2) is 58.8 Å². The van der Waals surface area contributed by atoms with Crippen molar-refractivity contribution < 1.29 is 9.59 Å². The normalized spacial score (nSPS) is 17.1. The van der Waals surface area contributed by atoms with Crippen LogP contribution in [0.3, 0.4) is 0 Å². The van der Waals surface area contributed by atoms with Gasteiger partial charge in [-0.1, -0.05) is 23.4 Å². The maximum atomic E-state index is 12.6. The molecule has 2 saturated heterocycles. The zero-order valence-electron chi connectivity index (χ0n) is 17.3. The van der Waals surface area contributed by atoms with Crippen LogP contribution in [0.25, 0.3) is 0 Å². The topological polar surface area (TPSA) is 78.4 Å². The minimum Gasteiger partial charge on any atom is -0.355 e. The Hall–Kier alpha value is -2.32. The van der Waals surface area contributed by atoms with E-state index in [9.17, 15) is 9.59 Å². The van der Waals surface area contributed by atoms with Crippen molar-refractivity contribution >= 4 is 46.7 Å². The maximum absolute atomic E-state index is 12.6. The lowest BCUT2D eigenvalue weighted by Gasteiger charge is -2.33. The molecule has 9 heteroatoms. The molecule has 0 aliphatic carbocycles. The van der Waals surface area contributed by atoms with E-state index in [4.69, 9.17) is 11.6 Å². The molecule has 3 heterocycles. The van der Waals surface area contributed by atoms with Crippen LogP contribution in [0.5, 0.6) is 0 Å². The number of amides is 2. The molecule has 7 nitrogen and oxygen atoms in total. The molecule has 1 N–H and O–H groups in total. The lowest BCUT2D eigenvalue weighted by Crippen LogP contribution is -2.42. The number of carbonyl (C=O) groups is 2. The van der Waals surface area contributed by atoms with Crippen molar-refractivity contribution in [2.45, 2.75) is 30.7 Å². The molecule has 4 rings (SSSR count). The number of hydrogen-bond acceptors (Lipinski definition) is 6. The number of aromatic nitrogens is 2. The first-order valence-corrected chi connectivity index (χ1v) is 12.0. The Morgan fingerprint density at radius 1 is 1.00 bits per heavy atom. The van der Waals surface area contributed by atoms with Gasteiger partial charge in [0.2, 0.25) is 11.8 Å². The lowest BCUT2D eigenvalue weighted by atomic mass is 9.95. The number of nitrogens with zero attached hydrogens (tertiary/aromatic N) is 4. The predicted molar refractivity (Wildman–Crippen MR) is 124 cm³/mol. The number of carbonyl (C=O) groups excluding carboxylic acids is 2. The molecule has 1 aromatic heterocycles. The third-order valence-electron chi connectivity index (χ3n) is 5.69. The fourth-order valence-electron chi connectivity index (χ4n) is 3.98. The SMILES string of the molecule is O=C(CSc1ccc(N2CCC(C(=O)N3CCCC3)CC2)nn1)Nc1ccc(Cl)cc1. The third kappa shape index (κ3) is 5.89. The maximum Gasteiger partial charge on any atom is 0.234 e. The first-order valence-electron chi connectivity index (χ1n) is 10.6. The van der Waals surface area contributed by atoms with E-state index in [1.54, 1.807) is 24.3 Å². The summed E-state index contributed by atoms with van der Waals surface area (Å²) in [5.74, 6) is 1.42. The van der Waals surface area contributed by atoms with Crippen LogP contribution in [0.15, 0.2) is 41.4 Å². The molecule has 2 aliphatic heterocycles. The van der Waals surface area contributed by atoms with Crippen molar-refractivity contribution in [2.75, 3.05) is 42.1 Å². The van der Waals surface area contributed by atoms with Crippen molar-refractivity contribution in [2.24, 2.45) is 5.92 Å². The Kier molecular flexibility index (Phi) is 7.29. The van der Waals surface area contributed by atoms with Crippen LogP contribution >= 0.6 is 23.4 Å². The number of rotatable bonds is 6. The van der Waals surface area contributed by atoms with E-state index in [2.05, 4.69) is 20.4 Å². The number of hydrogen-bond donors (Lipinski definition) is 1. The molecule has 0 spiro atoms. The largest absolute Gasteiger partial charge is 0.355 e. The van der Waals surface area contributed by atoms with Crippen molar-refractivity contribution in [1.82, 2.24) is 15.1 Å². The van der Waals surface area contributed by atoms with Gasteiger partial charge in [-0.05, 0) is 62.1 Å². The first-order chi connectivity index (χ1) is 15.1. The van der Waals surface area contributed by atoms with E-state index >= 15 is 0 Å². The molecule has 0 bridgehead atoms. The molecular weight excluding hydrogens is 434 g/mol. The van der Waals surface area contributed by atoms with Gasteiger partial charge in [-0.15, -0.1) is 10.2 Å². The van der Waals surface area contributed by atoms with Gasteiger partial charge in [0, 0.05) is 42.8 Å². The number of likely N-dealkylation sites (tertiary alicyclic amines) is 1. The van der Waals surface area contributed by atoms with E-state index in [-0.39, 0.29) is 17.6 Å². The Morgan fingerprint density at radius 3 is 2.35 bits per heavy atom. The molecule has 31 heavy (non-hydrogen) atoms. The second kappa shape index (κ2) is 10.3. The van der Waals surface area contributed by atoms with Crippen molar-refractivity contribution in [1.29, 1.82) is 0 Å². The summed E-state index contributed by atoms with van der Waals surface area (Å²) >= 11 is 7.20. The fourth-order valence-corrected chi connectivity index (χ4v) is 4.72. The standard InChI is InChI=1S/C22H26ClN5O2S/c23-17-3-5-18(6-4-17)24-20(29)15-31-21-8-7-19(25-26-21)27-13-9-16(10-14-27)22(30)28-11-1-2-12-28/h3-8,16H,1-2,9-15H2,(H,24,29). The van der Waals surface area contributed by atoms with Crippen molar-refractivity contribution in [3.05, 3.63) is 41.4 Å². The minimum absolute atomic E-state index is 0.108. The lowest BCUT2D eigenvalue weighted by molar-refractivity contribution is -0.135. The van der Waals surface area contributed by atoms with Gasteiger partial charge in [0.15, 0.2) is 5.82 Å². The average molecular weight is 460 g/mol. The molecule has 164 valence electrons. The van der Waals surface area contributed by atoms with Gasteiger partial charge in [0.1, 0.15) is 5.03 Å². The highest BCUT2D eigenvalue weighted by atomic mass is 35.5. The summed E-state index contributed by atoms with van der Waals surface area (Å²) in [6.45, 7) is 3.46. The molecule has 2 fully saturated rings. The second-order valence-electron chi connectivity index (χ2n) is 7.87. The van der Waals surface area contributed by atoms with E-state index in [1.165, 1.54) is 11.8 Å². The van der Waals surface area contributed by atoms with Crippen LogP contribution < -0.4 is 10.2 Å². The highest BCUT2D eigenvalue weighted by molar-refractivity contribution is 7.99. The van der Waals surface area contributed by atoms with Crippen LogP contribution in [0, 0.1) is 5.92 Å². The summed E-state index contributed by atoms with van der Waals surface area (Å²) in [6.07, 6.45) is 3.98. The van der Waals surface area contributed by atoms with E-state index in [1.807, 2.05) is 17.0 Å². The Morgan fingerprint density at radius 2 is 1.71 bits per heavy atom. The molecule has 1 aromatic carbocycles. The molecular formula is C22H26ClN5O2S. The van der Waals surface area contributed by atoms with Gasteiger partial charge in [-0.25, -0.2) is 0 Å². The van der Waals surface area contributed by atoms with E-state index in [0.29, 0.717) is 21.6 Å². The Bertz CT molecular complexity index is 895. The van der Waals surface area contributed by atoms with Crippen LogP contribution in [-0.2, 0) is 9.59 Å². The van der Waals surface area contributed by atoms with Gasteiger partial charge in [-0.2, -0.15) is 0 Å². The summed E-state index contributed by atoms with van der Waals surface area (Å²) in [6, 6.07) is 10.8. The first kappa shape index (κ1) is 21.9. The van der Waals surface area contributed by atoms with E-state index < -0.39 is 0 Å². The van der Waals surface area contributed by atoms with Crippen LogP contribution in [0.2, 0.25) is 5.02 Å². The van der Waals surface area contributed by atoms with Gasteiger partial charge in [-0.3, -0.25) is 9.59 Å². The summed E-state index contributed by atoms with van der Waals surface area (Å²) < 4.78 is 0. The Labute approximate surface area is 191 Å². The van der Waals surface area contributed by atoms with Gasteiger partial charge in [0.05, 0.1) is 5.75 Å². The molecule has 2 amide bonds. The molecule has 0 radical (unpaired) electrons. The summed E-state index contributed by atoms with van der Waals surface area (Å²) in [5.41, 5.74) is 0.711. The molecule has 0 atom stereocenters. The van der Waals surface area contributed by atoms with Crippen LogP contribution in [0.1, 0.15) is 25.7 Å². The third-order valence-corrected chi connectivity index (χ3v) is 6.86. The summed E-state index contributed by atoms with van der Waals surface area (Å²) in [5, 5.41) is 12.8. The molecule has 2 aliphatic rings. The number of anilines is 2. The average Bonchev–Trinajstić information content (AvgIpc) is 3.34. The van der Waals surface area contributed by atoms with E-state index in [0.717, 1.165) is 57.7 Å². The number of thioether (sulfide) groups is 1. The van der Waals surface area contributed by atoms with Gasteiger partial charge < -0.3 is 15.1 Å². The molecule has 0 unspecified atom stereocenters. The second-order valence-corrected chi connectivity index (χ2v) is 9.30. The molecule has 2 aromatic rings. The highest BCUT2D eigenvalue weighted by Gasteiger charge is 2.30. The summed E-state index contributed by atoms with van der Waals surface area (Å²) in [4.78, 5) is 28.9. The predicted octanol–water partition coefficient (Wildman–Crippen LogP) is 3.70. The van der Waals surface area contributed by atoms with Gasteiger partial charge >= 0.3 is 0 Å². The number of piperidine rings is 1. The fraction of sp³-hybridized carbons (Fsp3) is 0.455. The number of nitrogens with one attached hydrogen (secondary N) is 1. The monoisotopic (exact) mass is 459 g/mol. The van der Waals surface area contributed by atoms with Gasteiger partial charge in [0.25, 0.3) is 0 Å². The number of benzene rings is 1. The quantitative estimate of drug-likeness (QED) is 0.663. The number of halogens is 1. The van der Waals surface area contributed by atoms with Crippen molar-refractivity contribution in [3.63, 3.8) is 0 Å². The zero-order valence-corrected chi connectivity index (χ0v) is 18.9.